The minimum Gasteiger partial charge on any atom is -0.380 e. The van der Waals surface area contributed by atoms with Crippen molar-refractivity contribution in [3.05, 3.63) is 18.1 Å². The lowest BCUT2D eigenvalue weighted by atomic mass is 9.98. The van der Waals surface area contributed by atoms with E-state index < -0.39 is 42.0 Å². The molecule has 0 aliphatic carbocycles. The van der Waals surface area contributed by atoms with Crippen molar-refractivity contribution in [2.24, 2.45) is 5.73 Å². The molecule has 252 valence electrons. The second kappa shape index (κ2) is 18.7. The van der Waals surface area contributed by atoms with Gasteiger partial charge in [0.25, 0.3) is 0 Å². The topological polar surface area (TPSA) is 167 Å². The molecule has 4 N–H and O–H groups in total. The fourth-order valence-corrected chi connectivity index (χ4v) is 4.42. The van der Waals surface area contributed by atoms with Crippen LogP contribution in [0.2, 0.25) is 0 Å². The lowest BCUT2D eigenvalue weighted by Crippen LogP contribution is -2.55. The number of hydrogen-bond acceptors (Lipinski definition) is 13. The van der Waals surface area contributed by atoms with Crippen molar-refractivity contribution in [3.63, 3.8) is 0 Å². The molecule has 2 aliphatic heterocycles. The smallest absolute Gasteiger partial charge is 0.380 e. The zero-order valence-corrected chi connectivity index (χ0v) is 25.1. The van der Waals surface area contributed by atoms with Gasteiger partial charge in [0.15, 0.2) is 11.5 Å². The summed E-state index contributed by atoms with van der Waals surface area (Å²) >= 11 is 0. The van der Waals surface area contributed by atoms with Crippen LogP contribution in [0.25, 0.3) is 0 Å². The van der Waals surface area contributed by atoms with Crippen LogP contribution in [0.4, 0.5) is 19.0 Å². The van der Waals surface area contributed by atoms with Crippen LogP contribution >= 0.6 is 0 Å². The first-order chi connectivity index (χ1) is 21.1. The van der Waals surface area contributed by atoms with E-state index in [2.05, 4.69) is 20.6 Å². The Morgan fingerprint density at radius 3 is 2.27 bits per heavy atom. The van der Waals surface area contributed by atoms with Gasteiger partial charge in [-0.3, -0.25) is 9.78 Å². The maximum Gasteiger partial charge on any atom is 0.434 e. The van der Waals surface area contributed by atoms with Crippen molar-refractivity contribution < 1.29 is 55.9 Å². The third kappa shape index (κ3) is 13.0. The molecule has 1 amide bonds. The number of fused-ring (bicyclic) bond motifs is 1. The van der Waals surface area contributed by atoms with Gasteiger partial charge in [-0.2, -0.15) is 13.2 Å². The van der Waals surface area contributed by atoms with E-state index in [0.717, 1.165) is 0 Å². The first-order valence-corrected chi connectivity index (χ1v) is 14.6. The molecule has 0 unspecified atom stereocenters. The highest BCUT2D eigenvalue weighted by Crippen LogP contribution is 2.36. The van der Waals surface area contributed by atoms with Gasteiger partial charge < -0.3 is 54.3 Å². The number of aromatic nitrogens is 2. The number of carbonyl (C=O) groups is 1. The van der Waals surface area contributed by atoms with Crippen molar-refractivity contribution in [2.45, 2.75) is 56.6 Å². The average Bonchev–Trinajstić information content (AvgIpc) is 3.31. The van der Waals surface area contributed by atoms with Crippen molar-refractivity contribution >= 4 is 11.7 Å². The summed E-state index contributed by atoms with van der Waals surface area (Å²) in [7, 11) is 0. The molecule has 0 spiro atoms. The van der Waals surface area contributed by atoms with Crippen molar-refractivity contribution in [2.75, 3.05) is 91.1 Å². The number of carbonyl (C=O) groups excluding carboxylic acids is 1. The standard InChI is InChI=1S/C27H44F3N5O9/c1-26(2)43-24-19(34-22-16-32-15-21(35-22)27(28,29)30)17-42-20(25(24)44-26)18-41-14-13-40-12-11-39-10-9-38-8-5-33-23(36)3-6-37-7-4-31/h15-16,19-20,24-25H,3-14,17-18,31H2,1-2H3,(H,33,36)(H,34,35)/t19-,20+,24+,25-/m0/s1. The highest BCUT2D eigenvalue weighted by atomic mass is 19.4. The minimum absolute atomic E-state index is 0.0362. The van der Waals surface area contributed by atoms with Crippen LogP contribution in [0, 0.1) is 0 Å². The van der Waals surface area contributed by atoms with Crippen molar-refractivity contribution in [1.82, 2.24) is 15.3 Å². The van der Waals surface area contributed by atoms with Gasteiger partial charge in [0.2, 0.25) is 5.91 Å². The van der Waals surface area contributed by atoms with Crippen molar-refractivity contribution in [1.29, 1.82) is 0 Å². The number of rotatable bonds is 21. The molecule has 1 aromatic rings. The monoisotopic (exact) mass is 639 g/mol. The molecule has 2 fully saturated rings. The summed E-state index contributed by atoms with van der Waals surface area (Å²) in [6.07, 6.45) is -3.90. The Hall–Kier alpha value is -2.22. The minimum atomic E-state index is -4.61. The molecule has 44 heavy (non-hydrogen) atoms. The molecule has 3 rings (SSSR count). The van der Waals surface area contributed by atoms with E-state index in [1.807, 2.05) is 0 Å². The maximum atomic E-state index is 13.0. The van der Waals surface area contributed by atoms with Gasteiger partial charge in [-0.1, -0.05) is 0 Å². The van der Waals surface area contributed by atoms with Crippen LogP contribution in [0.5, 0.6) is 0 Å². The van der Waals surface area contributed by atoms with E-state index in [9.17, 15) is 18.0 Å². The molecular weight excluding hydrogens is 595 g/mol. The van der Waals surface area contributed by atoms with Crippen LogP contribution in [0.15, 0.2) is 12.4 Å². The van der Waals surface area contributed by atoms with Gasteiger partial charge in [-0.05, 0) is 13.8 Å². The Morgan fingerprint density at radius 2 is 1.59 bits per heavy atom. The van der Waals surface area contributed by atoms with Gasteiger partial charge in [0.1, 0.15) is 24.1 Å². The Morgan fingerprint density at radius 1 is 0.955 bits per heavy atom. The number of anilines is 1. The Labute approximate surface area is 254 Å². The Kier molecular flexibility index (Phi) is 15.4. The third-order valence-electron chi connectivity index (χ3n) is 6.38. The van der Waals surface area contributed by atoms with Crippen LogP contribution in [-0.2, 0) is 48.9 Å². The predicted octanol–water partition coefficient (Wildman–Crippen LogP) is 0.743. The van der Waals surface area contributed by atoms with Gasteiger partial charge in [-0.15, -0.1) is 0 Å². The second-order valence-electron chi connectivity index (χ2n) is 10.4. The van der Waals surface area contributed by atoms with Gasteiger partial charge >= 0.3 is 6.18 Å². The molecule has 0 radical (unpaired) electrons. The maximum absolute atomic E-state index is 13.0. The molecular formula is C27H44F3N5O9. The molecule has 0 aromatic carbocycles. The molecule has 17 heteroatoms. The molecule has 3 heterocycles. The molecule has 4 atom stereocenters. The van der Waals surface area contributed by atoms with E-state index >= 15 is 0 Å². The lowest BCUT2D eigenvalue weighted by molar-refractivity contribution is -0.160. The van der Waals surface area contributed by atoms with E-state index in [1.54, 1.807) is 13.8 Å². The normalized spacial score (nSPS) is 23.0. The first kappa shape index (κ1) is 36.3. The molecule has 2 aliphatic rings. The zero-order chi connectivity index (χ0) is 31.8. The first-order valence-electron chi connectivity index (χ1n) is 14.6. The largest absolute Gasteiger partial charge is 0.434 e. The number of nitrogens with two attached hydrogens (primary N) is 1. The fraction of sp³-hybridized carbons (Fsp3) is 0.815. The summed E-state index contributed by atoms with van der Waals surface area (Å²) in [5, 5.41) is 5.69. The van der Waals surface area contributed by atoms with Crippen molar-refractivity contribution in [3.8, 4) is 0 Å². The van der Waals surface area contributed by atoms with Gasteiger partial charge in [0, 0.05) is 19.5 Å². The number of ether oxygens (including phenoxy) is 8. The van der Waals surface area contributed by atoms with Crippen LogP contribution in [0.1, 0.15) is 26.0 Å². The number of hydrogen-bond donors (Lipinski definition) is 3. The number of halogens is 3. The summed E-state index contributed by atoms with van der Waals surface area (Å²) in [6.45, 7) is 8.13. The number of alkyl halides is 3. The predicted molar refractivity (Wildman–Crippen MR) is 149 cm³/mol. The van der Waals surface area contributed by atoms with Crippen LogP contribution < -0.4 is 16.4 Å². The lowest BCUT2D eigenvalue weighted by Gasteiger charge is -2.37. The number of amides is 1. The summed E-state index contributed by atoms with van der Waals surface area (Å²) in [4.78, 5) is 18.8. The SMILES string of the molecule is CC1(C)O[C@@H]2[C@H](O1)[C@@H](Nc1cncc(C(F)(F)F)n1)CO[C@@H]2COCCOCCOCCOCCNC(=O)CCOCCN. The van der Waals surface area contributed by atoms with E-state index in [0.29, 0.717) is 78.7 Å². The highest BCUT2D eigenvalue weighted by Gasteiger charge is 2.52. The van der Waals surface area contributed by atoms with E-state index in [4.69, 9.17) is 43.6 Å². The van der Waals surface area contributed by atoms with Gasteiger partial charge in [-0.25, -0.2) is 4.98 Å². The summed E-state index contributed by atoms with van der Waals surface area (Å²) in [5.41, 5.74) is 4.22. The summed E-state index contributed by atoms with van der Waals surface area (Å²) in [5.74, 6) is -1.05. The molecule has 14 nitrogen and oxygen atoms in total. The van der Waals surface area contributed by atoms with Gasteiger partial charge in [0.05, 0.1) is 91.1 Å². The highest BCUT2D eigenvalue weighted by molar-refractivity contribution is 5.75. The second-order valence-corrected chi connectivity index (χ2v) is 10.4. The summed E-state index contributed by atoms with van der Waals surface area (Å²) < 4.78 is 84.4. The molecule has 2 saturated heterocycles. The summed E-state index contributed by atoms with van der Waals surface area (Å²) in [6, 6.07) is -0.511. The number of nitrogens with one attached hydrogen (secondary N) is 2. The fourth-order valence-electron chi connectivity index (χ4n) is 4.42. The van der Waals surface area contributed by atoms with Crippen LogP contribution in [-0.4, -0.2) is 132 Å². The van der Waals surface area contributed by atoms with Crippen LogP contribution in [0.3, 0.4) is 0 Å². The molecule has 1 aromatic heterocycles. The Bertz CT molecular complexity index is 979. The van der Waals surface area contributed by atoms with E-state index in [-0.39, 0.29) is 31.4 Å². The van der Waals surface area contributed by atoms with E-state index in [1.165, 1.54) is 6.20 Å². The number of nitrogens with zero attached hydrogens (tertiary/aromatic N) is 2. The quantitative estimate of drug-likeness (QED) is 0.161. The third-order valence-corrected chi connectivity index (χ3v) is 6.38. The molecule has 0 bridgehead atoms. The zero-order valence-electron chi connectivity index (χ0n) is 25.1. The Balaban J connectivity index is 1.22. The molecule has 0 saturated carbocycles. The average molecular weight is 640 g/mol.